The maximum atomic E-state index is 13.1. The van der Waals surface area contributed by atoms with E-state index in [0.717, 1.165) is 16.3 Å². The summed E-state index contributed by atoms with van der Waals surface area (Å²) < 4.78 is 15.7. The first-order valence-corrected chi connectivity index (χ1v) is 19.5. The maximum Gasteiger partial charge on any atom is 0.412 e. The summed E-state index contributed by atoms with van der Waals surface area (Å²) in [5.41, 5.74) is -0.430. The number of carboxylic acid groups (broad SMARTS) is 2. The Morgan fingerprint density at radius 3 is 1.79 bits per heavy atom. The van der Waals surface area contributed by atoms with Gasteiger partial charge in [-0.05, 0) is 41.3 Å². The van der Waals surface area contributed by atoms with Gasteiger partial charge in [0.2, 0.25) is 11.7 Å². The third-order valence-electron chi connectivity index (χ3n) is 7.61. The molecule has 61 heavy (non-hydrogen) atoms. The van der Waals surface area contributed by atoms with Gasteiger partial charge < -0.3 is 29.7 Å². The normalized spacial score (nSPS) is 10.9. The number of Topliss-reactive ketones (excluding diaryl/α,β-unsaturated/α-hetero) is 1. The van der Waals surface area contributed by atoms with E-state index in [9.17, 15) is 38.4 Å². The number of nitrogens with zero attached hydrogens (tertiary/aromatic N) is 2. The molecule has 1 atom stereocenters. The Morgan fingerprint density at radius 2 is 1.30 bits per heavy atom. The number of hydrogen-bond donors (Lipinski definition) is 4. The van der Waals surface area contributed by atoms with Gasteiger partial charge in [0, 0.05) is 0 Å². The van der Waals surface area contributed by atoms with Gasteiger partial charge in [-0.3, -0.25) is 29.1 Å². The lowest BCUT2D eigenvalue weighted by Gasteiger charge is -2.16. The van der Waals surface area contributed by atoms with Gasteiger partial charge in [0.15, 0.2) is 19.0 Å². The lowest BCUT2D eigenvalue weighted by atomic mass is 10.2. The zero-order valence-corrected chi connectivity index (χ0v) is 34.8. The number of nitrogens with one attached hydrogen (secondary N) is 2. The molecule has 0 saturated heterocycles. The molecule has 0 aliphatic heterocycles. The van der Waals surface area contributed by atoms with Gasteiger partial charge in [0.05, 0.1) is 48.7 Å². The smallest absolute Gasteiger partial charge is 0.412 e. The van der Waals surface area contributed by atoms with E-state index in [2.05, 4.69) is 15.6 Å². The molecule has 0 unspecified atom stereocenters. The van der Waals surface area contributed by atoms with E-state index in [4.69, 9.17) is 70.8 Å². The molecule has 318 valence electrons. The number of esters is 2. The van der Waals surface area contributed by atoms with E-state index in [1.807, 2.05) is 6.07 Å². The first-order chi connectivity index (χ1) is 29.0. The lowest BCUT2D eigenvalue weighted by molar-refractivity contribution is -0.147. The van der Waals surface area contributed by atoms with Crippen molar-refractivity contribution in [2.24, 2.45) is 0 Å². The fourth-order valence-corrected chi connectivity index (χ4v) is 6.65. The molecule has 5 rings (SSSR count). The maximum absolute atomic E-state index is 13.1. The minimum absolute atomic E-state index is 0.0376. The standard InChI is InChI=1S/C22H20N4O8S.C17H10Cl4O5/c27-17(24-14(21(31)32)9-18(28)29)11-26-19(16-7-4-8-35-16)23-10-15(20(26)30)25-22(33)34-12-13-5-2-1-3-6-13;18-10-3-1-4-11(19)14(10)16(23)25-7-9(22)8-26-17(24)15-12(20)5-2-6-13(15)21/h1-8,10,14H,9,11-12H2,(H,24,27)(H,25,33)(H,28,29)(H,31,32);1-6H,7-8H2/t14-;/m0./s1. The van der Waals surface area contributed by atoms with Gasteiger partial charge in [0.1, 0.15) is 24.9 Å². The van der Waals surface area contributed by atoms with E-state index in [0.29, 0.717) is 4.88 Å². The van der Waals surface area contributed by atoms with Gasteiger partial charge in [-0.25, -0.2) is 24.2 Å². The number of aliphatic carboxylic acids is 2. The second-order valence-electron chi connectivity index (χ2n) is 12.0. The highest BCUT2D eigenvalue weighted by molar-refractivity contribution is 7.13. The van der Waals surface area contributed by atoms with Gasteiger partial charge >= 0.3 is 30.0 Å². The first-order valence-electron chi connectivity index (χ1n) is 17.1. The summed E-state index contributed by atoms with van der Waals surface area (Å²) in [4.78, 5) is 100. The van der Waals surface area contributed by atoms with Crippen LogP contribution in [0.3, 0.4) is 0 Å². The number of anilines is 1. The highest BCUT2D eigenvalue weighted by Crippen LogP contribution is 2.26. The SMILES string of the molecule is O=C(COC(=O)c1c(Cl)cccc1Cl)COC(=O)c1c(Cl)cccc1Cl.O=C(O)C[C@H](NC(=O)Cn1c(-c2cccs2)ncc(NC(=O)OCc2ccccc2)c1=O)C(=O)O. The number of aromatic nitrogens is 2. The van der Waals surface area contributed by atoms with Crippen LogP contribution in [0, 0.1) is 0 Å². The fraction of sp³-hybridized carbons (Fsp3) is 0.154. The van der Waals surface area contributed by atoms with Gasteiger partial charge in [-0.1, -0.05) is 94.9 Å². The van der Waals surface area contributed by atoms with E-state index in [-0.39, 0.29) is 49.3 Å². The fourth-order valence-electron chi connectivity index (χ4n) is 4.82. The number of ketones is 1. The Hall–Kier alpha value is -6.31. The van der Waals surface area contributed by atoms with Gasteiger partial charge in [-0.15, -0.1) is 11.3 Å². The Morgan fingerprint density at radius 1 is 0.738 bits per heavy atom. The number of carbonyl (C=O) groups is 7. The molecule has 3 aromatic carbocycles. The molecule has 0 aliphatic carbocycles. The van der Waals surface area contributed by atoms with Crippen molar-refractivity contribution in [3.63, 3.8) is 0 Å². The molecule has 0 fully saturated rings. The molecule has 2 heterocycles. The van der Waals surface area contributed by atoms with E-state index < -0.39 is 79.4 Å². The number of carbonyl (C=O) groups excluding carboxylic acids is 5. The van der Waals surface area contributed by atoms with E-state index in [1.54, 1.807) is 53.9 Å². The first kappa shape index (κ1) is 47.4. The summed E-state index contributed by atoms with van der Waals surface area (Å²) in [6.45, 7) is -1.95. The molecule has 22 heteroatoms. The number of carboxylic acids is 2. The molecule has 17 nitrogen and oxygen atoms in total. The predicted molar refractivity (Wildman–Crippen MR) is 222 cm³/mol. The Labute approximate surface area is 368 Å². The molecule has 4 N–H and O–H groups in total. The molecule has 0 saturated carbocycles. The van der Waals surface area contributed by atoms with Crippen LogP contribution in [-0.2, 0) is 46.5 Å². The van der Waals surface area contributed by atoms with Crippen molar-refractivity contribution in [2.75, 3.05) is 18.5 Å². The van der Waals surface area contributed by atoms with Crippen molar-refractivity contribution >= 4 is 105 Å². The van der Waals surface area contributed by atoms with Crippen molar-refractivity contribution < 1.29 is 58.0 Å². The van der Waals surface area contributed by atoms with E-state index >= 15 is 0 Å². The minimum Gasteiger partial charge on any atom is -0.481 e. The van der Waals surface area contributed by atoms with E-state index in [1.165, 1.54) is 35.6 Å². The molecule has 2 amide bonds. The van der Waals surface area contributed by atoms with Crippen molar-refractivity contribution in [2.45, 2.75) is 25.6 Å². The average molecular weight is 937 g/mol. The second kappa shape index (κ2) is 22.9. The average Bonchev–Trinajstić information content (AvgIpc) is 3.75. The molecule has 0 bridgehead atoms. The Bertz CT molecular complexity index is 2380. The second-order valence-corrected chi connectivity index (χ2v) is 14.6. The number of ether oxygens (including phenoxy) is 3. The van der Waals surface area contributed by atoms with Gasteiger partial charge in [0.25, 0.3) is 5.56 Å². The molecule has 5 aromatic rings. The zero-order valence-electron chi connectivity index (χ0n) is 31.0. The number of benzene rings is 3. The predicted octanol–water partition coefficient (Wildman–Crippen LogP) is 6.65. The van der Waals surface area contributed by atoms with Crippen LogP contribution in [0.25, 0.3) is 10.7 Å². The summed E-state index contributed by atoms with van der Waals surface area (Å²) in [5.74, 6) is -6.17. The monoisotopic (exact) mass is 934 g/mol. The van der Waals surface area contributed by atoms with Crippen molar-refractivity contribution in [3.8, 4) is 10.7 Å². The lowest BCUT2D eigenvalue weighted by Crippen LogP contribution is -2.44. The van der Waals surface area contributed by atoms with Crippen LogP contribution in [0.5, 0.6) is 0 Å². The summed E-state index contributed by atoms with van der Waals surface area (Å²) in [5, 5.41) is 24.5. The van der Waals surface area contributed by atoms with Crippen LogP contribution in [0.1, 0.15) is 32.7 Å². The number of amides is 2. The summed E-state index contributed by atoms with van der Waals surface area (Å²) in [7, 11) is 0. The third kappa shape index (κ3) is 14.1. The van der Waals surface area contributed by atoms with Crippen LogP contribution in [0.4, 0.5) is 10.5 Å². The topological polar surface area (TPSA) is 247 Å². The Kier molecular flexibility index (Phi) is 17.8. The number of rotatable bonds is 16. The highest BCUT2D eigenvalue weighted by atomic mass is 35.5. The molecule has 2 aromatic heterocycles. The van der Waals surface area contributed by atoms with Crippen LogP contribution < -0.4 is 16.2 Å². The van der Waals surface area contributed by atoms with Crippen molar-refractivity contribution in [3.05, 3.63) is 138 Å². The van der Waals surface area contributed by atoms with Crippen LogP contribution >= 0.6 is 57.7 Å². The summed E-state index contributed by atoms with van der Waals surface area (Å²) >= 11 is 24.7. The highest BCUT2D eigenvalue weighted by Gasteiger charge is 2.25. The van der Waals surface area contributed by atoms with Crippen molar-refractivity contribution in [1.29, 1.82) is 0 Å². The summed E-state index contributed by atoms with van der Waals surface area (Å²) in [6, 6.07) is 19.5. The quantitative estimate of drug-likeness (QED) is 0.0598. The van der Waals surface area contributed by atoms with Crippen LogP contribution in [0.15, 0.2) is 95.2 Å². The molecule has 0 spiro atoms. The number of thiophene rings is 1. The zero-order chi connectivity index (χ0) is 44.6. The molecular formula is C39H30Cl4N4O13S. The Balaban J connectivity index is 0.000000281. The molecule has 0 aliphatic rings. The molecular weight excluding hydrogens is 906 g/mol. The number of halogens is 4. The largest absolute Gasteiger partial charge is 0.481 e. The van der Waals surface area contributed by atoms with Crippen LogP contribution in [-0.4, -0.2) is 80.7 Å². The summed E-state index contributed by atoms with van der Waals surface area (Å²) in [6.07, 6.45) is -0.638. The van der Waals surface area contributed by atoms with Crippen LogP contribution in [0.2, 0.25) is 20.1 Å². The third-order valence-corrected chi connectivity index (χ3v) is 9.74. The van der Waals surface area contributed by atoms with Gasteiger partial charge in [-0.2, -0.15) is 0 Å². The minimum atomic E-state index is -1.69. The van der Waals surface area contributed by atoms with Crippen molar-refractivity contribution in [1.82, 2.24) is 14.9 Å². The molecule has 0 radical (unpaired) electrons. The number of hydrogen-bond acceptors (Lipinski definition) is 13.